The highest BCUT2D eigenvalue weighted by molar-refractivity contribution is 5.99. The van der Waals surface area contributed by atoms with Crippen molar-refractivity contribution in [1.82, 2.24) is 4.98 Å². The Morgan fingerprint density at radius 1 is 0.886 bits per heavy atom. The summed E-state index contributed by atoms with van der Waals surface area (Å²) in [4.78, 5) is 16.2. The largest absolute Gasteiger partial charge is 0.416 e. The van der Waals surface area contributed by atoms with Crippen LogP contribution in [-0.4, -0.2) is 22.3 Å². The van der Waals surface area contributed by atoms with Gasteiger partial charge in [0.25, 0.3) is 0 Å². The maximum Gasteiger partial charge on any atom is 0.416 e. The first-order chi connectivity index (χ1) is 16.8. The molecule has 1 heterocycles. The number of nitrogens with zero attached hydrogens (tertiary/aromatic N) is 1. The summed E-state index contributed by atoms with van der Waals surface area (Å²) in [5.74, 6) is 0. The molecule has 35 heavy (non-hydrogen) atoms. The van der Waals surface area contributed by atoms with E-state index in [0.717, 1.165) is 34.2 Å². The molecular formula is C26H23F3N4O2. The van der Waals surface area contributed by atoms with Gasteiger partial charge in [0, 0.05) is 34.8 Å². The number of nitrogens with one attached hydrogen (secondary N) is 3. The number of halogens is 3. The molecule has 0 spiro atoms. The Kier molecular flexibility index (Phi) is 7.17. The second kappa shape index (κ2) is 10.4. The Morgan fingerprint density at radius 2 is 1.63 bits per heavy atom. The molecule has 1 unspecified atom stereocenters. The standard InChI is InChI=1S/C26H23F3N4O2/c27-26(28,29)20-2-1-3-22(15-20)33-25(35)32-21-8-4-17(5-9-21)6-11-24(34)31-23-10-7-19-16-30-13-12-18(19)14-23/h1-5,7-10,12-16,24,31,34H,6,11H2,(H2,32,33,35). The highest BCUT2D eigenvalue weighted by atomic mass is 19.4. The van der Waals surface area contributed by atoms with Crippen molar-refractivity contribution in [3.63, 3.8) is 0 Å². The lowest BCUT2D eigenvalue weighted by atomic mass is 10.1. The Labute approximate surface area is 199 Å². The summed E-state index contributed by atoms with van der Waals surface area (Å²) in [5, 5.41) is 20.5. The van der Waals surface area contributed by atoms with E-state index in [2.05, 4.69) is 20.9 Å². The van der Waals surface area contributed by atoms with Crippen LogP contribution in [0.4, 0.5) is 35.0 Å². The van der Waals surface area contributed by atoms with E-state index in [1.54, 1.807) is 24.5 Å². The fourth-order valence-corrected chi connectivity index (χ4v) is 3.56. The van der Waals surface area contributed by atoms with Crippen molar-refractivity contribution in [3.8, 4) is 0 Å². The van der Waals surface area contributed by atoms with E-state index in [4.69, 9.17) is 0 Å². The van der Waals surface area contributed by atoms with Crippen LogP contribution in [0.25, 0.3) is 10.8 Å². The highest BCUT2D eigenvalue weighted by Gasteiger charge is 2.30. The van der Waals surface area contributed by atoms with Crippen molar-refractivity contribution in [1.29, 1.82) is 0 Å². The van der Waals surface area contributed by atoms with Gasteiger partial charge >= 0.3 is 12.2 Å². The van der Waals surface area contributed by atoms with E-state index in [1.165, 1.54) is 12.1 Å². The monoisotopic (exact) mass is 480 g/mol. The van der Waals surface area contributed by atoms with Crippen molar-refractivity contribution < 1.29 is 23.1 Å². The molecule has 3 aromatic carbocycles. The molecule has 0 fully saturated rings. The quantitative estimate of drug-likeness (QED) is 0.235. The van der Waals surface area contributed by atoms with Crippen LogP contribution in [0, 0.1) is 0 Å². The molecule has 4 N–H and O–H groups in total. The van der Waals surface area contributed by atoms with Gasteiger partial charge in [0.05, 0.1) is 5.56 Å². The van der Waals surface area contributed by atoms with Crippen LogP contribution in [0.3, 0.4) is 0 Å². The fraction of sp³-hybridized carbons (Fsp3) is 0.154. The zero-order valence-electron chi connectivity index (χ0n) is 18.5. The van der Waals surface area contributed by atoms with Crippen molar-refractivity contribution >= 4 is 33.9 Å². The fourth-order valence-electron chi connectivity index (χ4n) is 3.56. The van der Waals surface area contributed by atoms with Crippen molar-refractivity contribution in [2.75, 3.05) is 16.0 Å². The van der Waals surface area contributed by atoms with Crippen LogP contribution in [0.1, 0.15) is 17.5 Å². The predicted molar refractivity (Wildman–Crippen MR) is 130 cm³/mol. The van der Waals surface area contributed by atoms with E-state index in [0.29, 0.717) is 18.5 Å². The molecule has 0 bridgehead atoms. The first-order valence-electron chi connectivity index (χ1n) is 10.9. The molecule has 0 aliphatic carbocycles. The number of alkyl halides is 3. The molecular weight excluding hydrogens is 457 g/mol. The SMILES string of the molecule is O=C(Nc1ccc(CCC(O)Nc2ccc3cnccc3c2)cc1)Nc1cccc(C(F)(F)F)c1. The lowest BCUT2D eigenvalue weighted by Gasteiger charge is -2.15. The van der Waals surface area contributed by atoms with Crippen molar-refractivity contribution in [3.05, 3.63) is 96.3 Å². The molecule has 6 nitrogen and oxygen atoms in total. The summed E-state index contributed by atoms with van der Waals surface area (Å²) in [7, 11) is 0. The lowest BCUT2D eigenvalue weighted by molar-refractivity contribution is -0.137. The molecule has 4 rings (SSSR count). The molecule has 1 aromatic heterocycles. The minimum Gasteiger partial charge on any atom is -0.374 e. The van der Waals surface area contributed by atoms with E-state index in [9.17, 15) is 23.1 Å². The number of amides is 2. The summed E-state index contributed by atoms with van der Waals surface area (Å²) in [6, 6.07) is 18.5. The van der Waals surface area contributed by atoms with Crippen LogP contribution in [-0.2, 0) is 12.6 Å². The normalized spacial score (nSPS) is 12.2. The van der Waals surface area contributed by atoms with Crippen LogP contribution >= 0.6 is 0 Å². The number of hydrogen-bond donors (Lipinski definition) is 4. The van der Waals surface area contributed by atoms with Gasteiger partial charge < -0.3 is 21.1 Å². The van der Waals surface area contributed by atoms with Crippen LogP contribution in [0.15, 0.2) is 85.2 Å². The number of anilines is 3. The zero-order chi connectivity index (χ0) is 24.8. The number of aliphatic hydroxyl groups is 1. The first kappa shape index (κ1) is 24.0. The van der Waals surface area contributed by atoms with Gasteiger partial charge in [0.2, 0.25) is 0 Å². The summed E-state index contributed by atoms with van der Waals surface area (Å²) in [6.45, 7) is 0. The van der Waals surface area contributed by atoms with Gasteiger partial charge in [-0.15, -0.1) is 0 Å². The Balaban J connectivity index is 1.26. The second-order valence-electron chi connectivity index (χ2n) is 7.99. The molecule has 0 aliphatic heterocycles. The molecule has 4 aromatic rings. The third kappa shape index (κ3) is 6.70. The third-order valence-corrected chi connectivity index (χ3v) is 5.34. The molecule has 0 saturated carbocycles. The number of pyridine rings is 1. The minimum absolute atomic E-state index is 0.0403. The first-order valence-corrected chi connectivity index (χ1v) is 10.9. The predicted octanol–water partition coefficient (Wildman–Crippen LogP) is 6.26. The highest BCUT2D eigenvalue weighted by Crippen LogP contribution is 2.30. The van der Waals surface area contributed by atoms with Gasteiger partial charge in [-0.1, -0.05) is 24.3 Å². The maximum atomic E-state index is 12.8. The molecule has 0 radical (unpaired) electrons. The van der Waals surface area contributed by atoms with Gasteiger partial charge in [0.15, 0.2) is 0 Å². The number of carbonyl (C=O) groups excluding carboxylic acids is 1. The number of benzene rings is 3. The molecule has 9 heteroatoms. The van der Waals surface area contributed by atoms with E-state index >= 15 is 0 Å². The number of hydrogen-bond acceptors (Lipinski definition) is 4. The molecule has 1 atom stereocenters. The van der Waals surface area contributed by atoms with Crippen LogP contribution in [0.5, 0.6) is 0 Å². The summed E-state index contributed by atoms with van der Waals surface area (Å²) < 4.78 is 38.5. The summed E-state index contributed by atoms with van der Waals surface area (Å²) >= 11 is 0. The molecule has 0 saturated heterocycles. The number of aromatic nitrogens is 1. The van der Waals surface area contributed by atoms with Crippen LogP contribution < -0.4 is 16.0 Å². The smallest absolute Gasteiger partial charge is 0.374 e. The number of rotatable bonds is 7. The number of aryl methyl sites for hydroxylation is 1. The Hall–Kier alpha value is -4.11. The summed E-state index contributed by atoms with van der Waals surface area (Å²) in [5.41, 5.74) is 1.46. The minimum atomic E-state index is -4.49. The molecule has 180 valence electrons. The number of urea groups is 1. The Bertz CT molecular complexity index is 1310. The van der Waals surface area contributed by atoms with Crippen molar-refractivity contribution in [2.24, 2.45) is 0 Å². The second-order valence-corrected chi connectivity index (χ2v) is 7.99. The van der Waals surface area contributed by atoms with E-state index in [-0.39, 0.29) is 5.69 Å². The van der Waals surface area contributed by atoms with Gasteiger partial charge in [-0.3, -0.25) is 4.98 Å². The van der Waals surface area contributed by atoms with Crippen molar-refractivity contribution in [2.45, 2.75) is 25.2 Å². The number of carbonyl (C=O) groups is 1. The topological polar surface area (TPSA) is 86.3 Å². The van der Waals surface area contributed by atoms with Gasteiger partial charge in [-0.2, -0.15) is 13.2 Å². The Morgan fingerprint density at radius 3 is 2.40 bits per heavy atom. The average Bonchev–Trinajstić information content (AvgIpc) is 2.83. The maximum absolute atomic E-state index is 12.8. The van der Waals surface area contributed by atoms with Gasteiger partial charge in [-0.25, -0.2) is 4.79 Å². The average molecular weight is 480 g/mol. The lowest BCUT2D eigenvalue weighted by Crippen LogP contribution is -2.20. The zero-order valence-corrected chi connectivity index (χ0v) is 18.5. The number of aliphatic hydroxyl groups excluding tert-OH is 1. The van der Waals surface area contributed by atoms with E-state index < -0.39 is 24.0 Å². The van der Waals surface area contributed by atoms with Crippen LogP contribution in [0.2, 0.25) is 0 Å². The molecule has 0 aliphatic rings. The third-order valence-electron chi connectivity index (χ3n) is 5.34. The summed E-state index contributed by atoms with van der Waals surface area (Å²) in [6.07, 6.45) is -0.663. The van der Waals surface area contributed by atoms with Gasteiger partial charge in [0.1, 0.15) is 6.23 Å². The van der Waals surface area contributed by atoms with Gasteiger partial charge in [-0.05, 0) is 72.3 Å². The molecule has 2 amide bonds. The van der Waals surface area contributed by atoms with E-state index in [1.807, 2.05) is 36.4 Å². The number of fused-ring (bicyclic) bond motifs is 1.